The lowest BCUT2D eigenvalue weighted by Gasteiger charge is -2.54. The molecule has 1 aliphatic heterocycles. The van der Waals surface area contributed by atoms with E-state index < -0.39 is 6.16 Å². The van der Waals surface area contributed by atoms with E-state index in [1.807, 2.05) is 0 Å². The highest BCUT2D eigenvalue weighted by molar-refractivity contribution is 5.55. The Bertz CT molecular complexity index is 372. The number of carboxylic acid groups (broad SMARTS) is 1. The molecule has 1 N–H and O–H groups in total. The smallest absolute Gasteiger partial charge is 0.448 e. The summed E-state index contributed by atoms with van der Waals surface area (Å²) in [5.41, 5.74) is -0.489. The first-order valence-corrected chi connectivity index (χ1v) is 8.24. The molecule has 0 aromatic rings. The van der Waals surface area contributed by atoms with Crippen molar-refractivity contribution in [2.45, 2.75) is 95.9 Å². The Morgan fingerprint density at radius 1 is 1.00 bits per heavy atom. The summed E-state index contributed by atoms with van der Waals surface area (Å²) in [7, 11) is 0. The molecule has 128 valence electrons. The van der Waals surface area contributed by atoms with Crippen molar-refractivity contribution in [3.63, 3.8) is 0 Å². The average molecular weight is 315 g/mol. The molecule has 0 aromatic carbocycles. The van der Waals surface area contributed by atoms with Crippen molar-refractivity contribution in [3.05, 3.63) is 0 Å². The lowest BCUT2D eigenvalue weighted by atomic mass is 9.80. The van der Waals surface area contributed by atoms with Gasteiger partial charge in [0.1, 0.15) is 6.10 Å². The monoisotopic (exact) mass is 315 g/mol. The largest absolute Gasteiger partial charge is 0.537 e. The highest BCUT2D eigenvalue weighted by Gasteiger charge is 2.48. The predicted molar refractivity (Wildman–Crippen MR) is 81.2 cm³/mol. The maximum atomic E-state index is 10.5. The summed E-state index contributed by atoms with van der Waals surface area (Å²) in [5.74, 6) is 0. The molecule has 2 rings (SSSR count). The van der Waals surface area contributed by atoms with E-state index in [0.29, 0.717) is 18.9 Å². The van der Waals surface area contributed by atoms with E-state index >= 15 is 0 Å². The fraction of sp³-hybridized carbons (Fsp3) is 0.938. The maximum Gasteiger partial charge on any atom is 0.537 e. The highest BCUT2D eigenvalue weighted by Crippen LogP contribution is 2.41. The van der Waals surface area contributed by atoms with Gasteiger partial charge in [-0.1, -0.05) is 19.3 Å². The van der Waals surface area contributed by atoms with Gasteiger partial charge in [-0.3, -0.25) is 9.73 Å². The first-order valence-electron chi connectivity index (χ1n) is 8.24. The zero-order valence-corrected chi connectivity index (χ0v) is 14.1. The molecule has 0 bridgehead atoms. The fourth-order valence-electron chi connectivity index (χ4n) is 3.95. The minimum Gasteiger partial charge on any atom is -0.448 e. The number of carbonyl (C=O) groups is 1. The molecule has 1 aliphatic carbocycles. The maximum absolute atomic E-state index is 10.5. The molecule has 2 fully saturated rings. The van der Waals surface area contributed by atoms with Crippen LogP contribution in [-0.4, -0.2) is 39.6 Å². The zero-order valence-electron chi connectivity index (χ0n) is 14.1. The molecule has 0 spiro atoms. The second-order valence-electron chi connectivity index (χ2n) is 7.76. The van der Waals surface area contributed by atoms with Gasteiger partial charge >= 0.3 is 6.16 Å². The van der Waals surface area contributed by atoms with Crippen LogP contribution in [0.4, 0.5) is 4.79 Å². The summed E-state index contributed by atoms with van der Waals surface area (Å²) in [5, 5.41) is 10.7. The van der Waals surface area contributed by atoms with Gasteiger partial charge in [0.05, 0.1) is 6.10 Å². The van der Waals surface area contributed by atoms with Crippen LogP contribution >= 0.6 is 0 Å². The van der Waals surface area contributed by atoms with Gasteiger partial charge in [0, 0.05) is 11.1 Å². The molecule has 6 heteroatoms. The van der Waals surface area contributed by atoms with Crippen LogP contribution in [0.2, 0.25) is 0 Å². The molecule has 0 unspecified atom stereocenters. The molecular weight excluding hydrogens is 286 g/mol. The van der Waals surface area contributed by atoms with E-state index in [1.54, 1.807) is 0 Å². The lowest BCUT2D eigenvalue weighted by molar-refractivity contribution is -0.353. The summed E-state index contributed by atoms with van der Waals surface area (Å²) < 4.78 is 0. The Morgan fingerprint density at radius 2 is 1.55 bits per heavy atom. The van der Waals surface area contributed by atoms with Crippen molar-refractivity contribution >= 4 is 6.16 Å². The van der Waals surface area contributed by atoms with Crippen molar-refractivity contribution in [2.24, 2.45) is 0 Å². The summed E-state index contributed by atoms with van der Waals surface area (Å²) in [6, 6.07) is 0. The third-order valence-electron chi connectivity index (χ3n) is 4.62. The summed E-state index contributed by atoms with van der Waals surface area (Å²) in [4.78, 5) is 26.2. The van der Waals surface area contributed by atoms with Crippen LogP contribution < -0.4 is 0 Å². The van der Waals surface area contributed by atoms with Gasteiger partial charge in [0.2, 0.25) is 0 Å². The zero-order chi connectivity index (χ0) is 16.4. The Kier molecular flexibility index (Phi) is 5.35. The standard InChI is InChI=1S/C16H29NO5/c1-15(2)10-13(21-22-14(18)19)11-16(3,4)17(15)20-12-8-6-5-7-9-12/h12-13H,5-11H2,1-4H3,(H,18,19). The van der Waals surface area contributed by atoms with Crippen LogP contribution in [0.25, 0.3) is 0 Å². The molecule has 2 aliphatic rings. The third-order valence-corrected chi connectivity index (χ3v) is 4.62. The molecule has 1 heterocycles. The third kappa shape index (κ3) is 4.33. The minimum absolute atomic E-state index is 0.244. The SMILES string of the molecule is CC1(C)CC(OOC(=O)O)CC(C)(C)N1OC1CCCCC1. The van der Waals surface area contributed by atoms with Crippen molar-refractivity contribution in [2.75, 3.05) is 0 Å². The molecule has 0 radical (unpaired) electrons. The van der Waals surface area contributed by atoms with Gasteiger partial charge in [-0.15, -0.1) is 0 Å². The first kappa shape index (κ1) is 17.5. The number of nitrogens with zero attached hydrogens (tertiary/aromatic N) is 1. The molecule has 1 saturated heterocycles. The van der Waals surface area contributed by atoms with Gasteiger partial charge in [-0.05, 0) is 53.4 Å². The van der Waals surface area contributed by atoms with E-state index in [1.165, 1.54) is 19.3 Å². The van der Waals surface area contributed by atoms with Gasteiger partial charge in [0.25, 0.3) is 0 Å². The van der Waals surface area contributed by atoms with Crippen LogP contribution in [0.1, 0.15) is 72.6 Å². The van der Waals surface area contributed by atoms with E-state index in [0.717, 1.165) is 12.8 Å². The molecular formula is C16H29NO5. The normalized spacial score (nSPS) is 26.7. The van der Waals surface area contributed by atoms with E-state index in [2.05, 4.69) is 37.6 Å². The van der Waals surface area contributed by atoms with Crippen LogP contribution in [-0.2, 0) is 14.6 Å². The number of hydroxylamine groups is 2. The molecule has 0 aromatic heterocycles. The van der Waals surface area contributed by atoms with E-state index in [-0.39, 0.29) is 17.2 Å². The van der Waals surface area contributed by atoms with Crippen molar-refractivity contribution < 1.29 is 24.5 Å². The Labute approximate surface area is 132 Å². The summed E-state index contributed by atoms with van der Waals surface area (Å²) in [6.07, 6.45) is 5.95. The van der Waals surface area contributed by atoms with Crippen molar-refractivity contribution in [1.29, 1.82) is 0 Å². The fourth-order valence-corrected chi connectivity index (χ4v) is 3.95. The Hall–Kier alpha value is -0.850. The van der Waals surface area contributed by atoms with Gasteiger partial charge < -0.3 is 5.11 Å². The van der Waals surface area contributed by atoms with Crippen molar-refractivity contribution in [1.82, 2.24) is 5.06 Å². The Morgan fingerprint density at radius 3 is 2.05 bits per heavy atom. The average Bonchev–Trinajstić information content (AvgIpc) is 2.41. The number of hydrogen-bond donors (Lipinski definition) is 1. The molecule has 22 heavy (non-hydrogen) atoms. The van der Waals surface area contributed by atoms with Crippen LogP contribution in [0, 0.1) is 0 Å². The molecule has 0 atom stereocenters. The van der Waals surface area contributed by atoms with Gasteiger partial charge in [-0.2, -0.15) is 9.95 Å². The van der Waals surface area contributed by atoms with Crippen LogP contribution in [0.15, 0.2) is 0 Å². The predicted octanol–water partition coefficient (Wildman–Crippen LogP) is 3.90. The number of rotatable bonds is 4. The number of hydrogen-bond acceptors (Lipinski definition) is 5. The van der Waals surface area contributed by atoms with Crippen LogP contribution in [0.3, 0.4) is 0 Å². The summed E-state index contributed by atoms with van der Waals surface area (Å²) in [6.45, 7) is 8.42. The van der Waals surface area contributed by atoms with Gasteiger partial charge in [-0.25, -0.2) is 4.79 Å². The molecule has 6 nitrogen and oxygen atoms in total. The second-order valence-corrected chi connectivity index (χ2v) is 7.76. The topological polar surface area (TPSA) is 68.2 Å². The van der Waals surface area contributed by atoms with E-state index in [4.69, 9.17) is 14.8 Å². The lowest BCUT2D eigenvalue weighted by Crippen LogP contribution is -2.62. The molecule has 1 saturated carbocycles. The van der Waals surface area contributed by atoms with Gasteiger partial charge in [0.15, 0.2) is 0 Å². The number of piperidine rings is 1. The van der Waals surface area contributed by atoms with Crippen molar-refractivity contribution in [3.8, 4) is 0 Å². The van der Waals surface area contributed by atoms with Crippen LogP contribution in [0.5, 0.6) is 0 Å². The molecule has 0 amide bonds. The summed E-state index contributed by atoms with van der Waals surface area (Å²) >= 11 is 0. The minimum atomic E-state index is -1.41. The Balaban J connectivity index is 2.02. The second kappa shape index (κ2) is 6.72. The van der Waals surface area contributed by atoms with E-state index in [9.17, 15) is 4.79 Å². The quantitative estimate of drug-likeness (QED) is 0.627. The first-order chi connectivity index (χ1) is 10.2. The highest BCUT2D eigenvalue weighted by atomic mass is 17.2.